The smallest absolute Gasteiger partial charge is 0.256 e. The Morgan fingerprint density at radius 3 is 2.62 bits per heavy atom. The summed E-state index contributed by atoms with van der Waals surface area (Å²) in [6, 6.07) is 5.99. The molecule has 0 aliphatic carbocycles. The van der Waals surface area contributed by atoms with Crippen LogP contribution >= 0.6 is 0 Å². The summed E-state index contributed by atoms with van der Waals surface area (Å²) >= 11 is 0. The second-order valence-corrected chi connectivity index (χ2v) is 5.59. The zero-order chi connectivity index (χ0) is 15.0. The minimum absolute atomic E-state index is 0.162. The number of aromatic nitrogens is 1. The molecule has 1 aromatic carbocycles. The Bertz CT molecular complexity index is 682. The molecule has 1 aliphatic rings. The predicted octanol–water partition coefficient (Wildman–Crippen LogP) is 3.21. The number of nitrogens with zero attached hydrogens (tertiary/aromatic N) is 2. The molecule has 0 N–H and O–H groups in total. The highest BCUT2D eigenvalue weighted by molar-refractivity contribution is 6.08. The first-order valence-corrected chi connectivity index (χ1v) is 7.63. The third kappa shape index (κ3) is 2.19. The summed E-state index contributed by atoms with van der Waals surface area (Å²) in [6.07, 6.45) is 2.22. The van der Waals surface area contributed by atoms with Crippen molar-refractivity contribution in [2.75, 3.05) is 20.2 Å². The number of aryl methyl sites for hydroxylation is 1. The summed E-state index contributed by atoms with van der Waals surface area (Å²) in [7, 11) is 1.66. The average Bonchev–Trinajstić information content (AvgIpc) is 3.11. The van der Waals surface area contributed by atoms with Gasteiger partial charge in [-0.3, -0.25) is 4.79 Å². The zero-order valence-electron chi connectivity index (χ0n) is 13.0. The number of hydrogen-bond acceptors (Lipinski definition) is 2. The normalized spacial score (nSPS) is 14.9. The number of carbonyl (C=O) groups excluding carboxylic acids is 1. The van der Waals surface area contributed by atoms with Crippen molar-refractivity contribution in [2.45, 2.75) is 33.2 Å². The van der Waals surface area contributed by atoms with E-state index in [4.69, 9.17) is 4.74 Å². The van der Waals surface area contributed by atoms with Crippen LogP contribution in [0.1, 0.15) is 35.8 Å². The van der Waals surface area contributed by atoms with Crippen LogP contribution < -0.4 is 4.74 Å². The number of likely N-dealkylation sites (tertiary alicyclic amines) is 1. The maximum absolute atomic E-state index is 12.9. The number of amides is 1. The summed E-state index contributed by atoms with van der Waals surface area (Å²) in [5, 5.41) is 1.01. The van der Waals surface area contributed by atoms with Gasteiger partial charge in [0, 0.05) is 36.2 Å². The highest BCUT2D eigenvalue weighted by Crippen LogP contribution is 2.31. The van der Waals surface area contributed by atoms with Gasteiger partial charge in [-0.25, -0.2) is 0 Å². The molecule has 1 fully saturated rings. The first-order chi connectivity index (χ1) is 10.2. The van der Waals surface area contributed by atoms with E-state index in [1.54, 1.807) is 7.11 Å². The molecule has 2 heterocycles. The van der Waals surface area contributed by atoms with Crippen LogP contribution in [-0.2, 0) is 6.54 Å². The number of carbonyl (C=O) groups is 1. The minimum atomic E-state index is 0.162. The molecule has 1 aliphatic heterocycles. The number of rotatable bonds is 3. The molecule has 0 saturated carbocycles. The quantitative estimate of drug-likeness (QED) is 0.868. The molecule has 1 amide bonds. The molecule has 3 rings (SSSR count). The Hall–Kier alpha value is -1.97. The number of methoxy groups -OCH3 is 1. The van der Waals surface area contributed by atoms with E-state index in [1.807, 2.05) is 30.0 Å². The Labute approximate surface area is 125 Å². The van der Waals surface area contributed by atoms with E-state index in [2.05, 4.69) is 11.5 Å². The summed E-state index contributed by atoms with van der Waals surface area (Å²) in [5.41, 5.74) is 3.00. The van der Waals surface area contributed by atoms with Gasteiger partial charge in [0.1, 0.15) is 5.75 Å². The van der Waals surface area contributed by atoms with Gasteiger partial charge in [0.2, 0.25) is 0 Å². The van der Waals surface area contributed by atoms with Gasteiger partial charge >= 0.3 is 0 Å². The van der Waals surface area contributed by atoms with Gasteiger partial charge in [0.05, 0.1) is 12.7 Å². The topological polar surface area (TPSA) is 34.5 Å². The Morgan fingerprint density at radius 2 is 2.00 bits per heavy atom. The maximum atomic E-state index is 12.9. The van der Waals surface area contributed by atoms with Crippen molar-refractivity contribution in [1.82, 2.24) is 9.47 Å². The van der Waals surface area contributed by atoms with Crippen LogP contribution in [0.5, 0.6) is 5.75 Å². The lowest BCUT2D eigenvalue weighted by Crippen LogP contribution is -2.28. The van der Waals surface area contributed by atoms with E-state index >= 15 is 0 Å². The monoisotopic (exact) mass is 286 g/mol. The van der Waals surface area contributed by atoms with Gasteiger partial charge in [-0.1, -0.05) is 0 Å². The van der Waals surface area contributed by atoms with Crippen LogP contribution in [0.25, 0.3) is 10.9 Å². The van der Waals surface area contributed by atoms with E-state index in [0.29, 0.717) is 0 Å². The molecule has 4 heteroatoms. The van der Waals surface area contributed by atoms with Gasteiger partial charge in [-0.2, -0.15) is 0 Å². The summed E-state index contributed by atoms with van der Waals surface area (Å²) < 4.78 is 7.54. The summed E-state index contributed by atoms with van der Waals surface area (Å²) in [4.78, 5) is 14.9. The number of fused-ring (bicyclic) bond motifs is 1. The minimum Gasteiger partial charge on any atom is -0.497 e. The summed E-state index contributed by atoms with van der Waals surface area (Å²) in [6.45, 7) is 6.77. The molecule has 0 spiro atoms. The van der Waals surface area contributed by atoms with Crippen molar-refractivity contribution >= 4 is 16.8 Å². The van der Waals surface area contributed by atoms with Crippen molar-refractivity contribution in [1.29, 1.82) is 0 Å². The third-order valence-electron chi connectivity index (χ3n) is 4.45. The highest BCUT2D eigenvalue weighted by atomic mass is 16.5. The summed E-state index contributed by atoms with van der Waals surface area (Å²) in [5.74, 6) is 0.960. The van der Waals surface area contributed by atoms with Crippen LogP contribution in [0, 0.1) is 6.92 Å². The lowest BCUT2D eigenvalue weighted by Gasteiger charge is -2.15. The van der Waals surface area contributed by atoms with Crippen molar-refractivity contribution in [2.24, 2.45) is 0 Å². The predicted molar refractivity (Wildman–Crippen MR) is 84.0 cm³/mol. The van der Waals surface area contributed by atoms with Crippen LogP contribution in [0.3, 0.4) is 0 Å². The SMILES string of the molecule is CCn1c(C)c(C(=O)N2CCCC2)c2cc(OC)ccc21. The van der Waals surface area contributed by atoms with Crippen molar-refractivity contribution < 1.29 is 9.53 Å². The molecule has 112 valence electrons. The largest absolute Gasteiger partial charge is 0.497 e. The van der Waals surface area contributed by atoms with Crippen LogP contribution in [0.15, 0.2) is 18.2 Å². The maximum Gasteiger partial charge on any atom is 0.256 e. The first-order valence-electron chi connectivity index (χ1n) is 7.63. The lowest BCUT2D eigenvalue weighted by molar-refractivity contribution is 0.0794. The lowest BCUT2D eigenvalue weighted by atomic mass is 10.1. The Kier molecular flexibility index (Phi) is 3.62. The molecule has 0 bridgehead atoms. The van der Waals surface area contributed by atoms with Crippen molar-refractivity contribution in [3.63, 3.8) is 0 Å². The molecule has 2 aromatic rings. The van der Waals surface area contributed by atoms with Gasteiger partial charge in [-0.05, 0) is 44.9 Å². The molecule has 0 unspecified atom stereocenters. The number of benzene rings is 1. The standard InChI is InChI=1S/C17H22N2O2/c1-4-19-12(2)16(17(20)18-9-5-6-10-18)14-11-13(21-3)7-8-15(14)19/h7-8,11H,4-6,9-10H2,1-3H3. The van der Waals surface area contributed by atoms with E-state index in [1.165, 1.54) is 0 Å². The molecular formula is C17H22N2O2. The van der Waals surface area contributed by atoms with Crippen LogP contribution in [-0.4, -0.2) is 35.6 Å². The molecule has 21 heavy (non-hydrogen) atoms. The second-order valence-electron chi connectivity index (χ2n) is 5.59. The van der Waals surface area contributed by atoms with E-state index < -0.39 is 0 Å². The molecule has 1 aromatic heterocycles. The number of hydrogen-bond donors (Lipinski definition) is 0. The van der Waals surface area contributed by atoms with Crippen LogP contribution in [0.4, 0.5) is 0 Å². The second kappa shape index (κ2) is 5.43. The number of ether oxygens (including phenoxy) is 1. The third-order valence-corrected chi connectivity index (χ3v) is 4.45. The fraction of sp³-hybridized carbons (Fsp3) is 0.471. The molecule has 1 saturated heterocycles. The van der Waals surface area contributed by atoms with Gasteiger partial charge in [0.25, 0.3) is 5.91 Å². The van der Waals surface area contributed by atoms with E-state index in [-0.39, 0.29) is 5.91 Å². The van der Waals surface area contributed by atoms with Crippen LogP contribution in [0.2, 0.25) is 0 Å². The molecule has 0 radical (unpaired) electrons. The fourth-order valence-electron chi connectivity index (χ4n) is 3.34. The first kappa shape index (κ1) is 14.0. The van der Waals surface area contributed by atoms with Gasteiger partial charge < -0.3 is 14.2 Å². The van der Waals surface area contributed by atoms with Gasteiger partial charge in [-0.15, -0.1) is 0 Å². The molecular weight excluding hydrogens is 264 g/mol. The highest BCUT2D eigenvalue weighted by Gasteiger charge is 2.26. The fourth-order valence-corrected chi connectivity index (χ4v) is 3.34. The molecule has 4 nitrogen and oxygen atoms in total. The van der Waals surface area contributed by atoms with Gasteiger partial charge in [0.15, 0.2) is 0 Å². The Balaban J connectivity index is 2.19. The average molecular weight is 286 g/mol. The van der Waals surface area contributed by atoms with E-state index in [9.17, 15) is 4.79 Å². The Morgan fingerprint density at radius 1 is 1.29 bits per heavy atom. The van der Waals surface area contributed by atoms with Crippen molar-refractivity contribution in [3.8, 4) is 5.75 Å². The zero-order valence-corrected chi connectivity index (χ0v) is 13.0. The molecule has 0 atom stereocenters. The van der Waals surface area contributed by atoms with E-state index in [0.717, 1.165) is 60.4 Å². The van der Waals surface area contributed by atoms with Crippen molar-refractivity contribution in [3.05, 3.63) is 29.5 Å².